The molecule has 0 amide bonds. The summed E-state index contributed by atoms with van der Waals surface area (Å²) in [6, 6.07) is 5.59. The summed E-state index contributed by atoms with van der Waals surface area (Å²) in [6.07, 6.45) is 0.332. The summed E-state index contributed by atoms with van der Waals surface area (Å²) in [5, 5.41) is 9.72. The molecule has 3 heteroatoms. The molecule has 0 saturated heterocycles. The lowest BCUT2D eigenvalue weighted by molar-refractivity contribution is -0.113. The van der Waals surface area contributed by atoms with E-state index in [-0.39, 0.29) is 23.3 Å². The van der Waals surface area contributed by atoms with Crippen LogP contribution in [-0.2, 0) is 4.79 Å². The molecule has 0 spiro atoms. The molecule has 1 aliphatic carbocycles. The van der Waals surface area contributed by atoms with Crippen LogP contribution in [0.15, 0.2) is 30.0 Å². The highest BCUT2D eigenvalue weighted by molar-refractivity contribution is 6.23. The van der Waals surface area contributed by atoms with E-state index in [0.29, 0.717) is 17.6 Å². The molecule has 2 nitrogen and oxygen atoms in total. The fourth-order valence-corrected chi connectivity index (χ4v) is 1.79. The van der Waals surface area contributed by atoms with Gasteiger partial charge in [0, 0.05) is 12.3 Å². The molecule has 15 heavy (non-hydrogen) atoms. The maximum absolute atomic E-state index is 12.7. The monoisotopic (exact) mass is 206 g/mol. The summed E-state index contributed by atoms with van der Waals surface area (Å²) in [4.78, 5) is 11.6. The first-order valence-electron chi connectivity index (χ1n) is 4.82. The van der Waals surface area contributed by atoms with Crippen LogP contribution in [0.4, 0.5) is 4.39 Å². The van der Waals surface area contributed by atoms with Gasteiger partial charge in [0.2, 0.25) is 0 Å². The van der Waals surface area contributed by atoms with Crippen LogP contribution in [0.3, 0.4) is 0 Å². The highest BCUT2D eigenvalue weighted by Gasteiger charge is 2.29. The van der Waals surface area contributed by atoms with E-state index < -0.39 is 0 Å². The molecule has 1 N–H and O–H groups in total. The predicted octanol–water partition coefficient (Wildman–Crippen LogP) is 2.70. The van der Waals surface area contributed by atoms with Gasteiger partial charge < -0.3 is 5.11 Å². The van der Waals surface area contributed by atoms with Crippen molar-refractivity contribution in [3.8, 4) is 0 Å². The second-order valence-corrected chi connectivity index (χ2v) is 3.80. The van der Waals surface area contributed by atoms with Gasteiger partial charge in [0.1, 0.15) is 11.6 Å². The molecule has 0 bridgehead atoms. The Kier molecular flexibility index (Phi) is 2.31. The fourth-order valence-electron chi connectivity index (χ4n) is 1.79. The van der Waals surface area contributed by atoms with E-state index in [1.54, 1.807) is 6.92 Å². The molecule has 1 aliphatic rings. The smallest absolute Gasteiger partial charge is 0.167 e. The van der Waals surface area contributed by atoms with Crippen molar-refractivity contribution in [2.75, 3.05) is 0 Å². The molecule has 0 aliphatic heterocycles. The van der Waals surface area contributed by atoms with E-state index in [0.717, 1.165) is 0 Å². The van der Waals surface area contributed by atoms with Crippen molar-refractivity contribution in [3.05, 3.63) is 41.4 Å². The molecular weight excluding hydrogens is 195 g/mol. The molecule has 1 unspecified atom stereocenters. The number of aliphatic hydroxyl groups excluding tert-OH is 1. The van der Waals surface area contributed by atoms with Crippen LogP contribution in [0.25, 0.3) is 5.57 Å². The van der Waals surface area contributed by atoms with Gasteiger partial charge in [-0.2, -0.15) is 0 Å². The molecule has 0 heterocycles. The third kappa shape index (κ3) is 1.65. The van der Waals surface area contributed by atoms with Crippen LogP contribution in [-0.4, -0.2) is 10.9 Å². The Bertz CT molecular complexity index is 431. The fraction of sp³-hybridized carbons (Fsp3) is 0.250. The lowest BCUT2D eigenvalue weighted by Crippen LogP contribution is -1.96. The van der Waals surface area contributed by atoms with E-state index in [4.69, 9.17) is 0 Å². The van der Waals surface area contributed by atoms with Gasteiger partial charge in [-0.3, -0.25) is 4.79 Å². The molecule has 1 aromatic carbocycles. The van der Waals surface area contributed by atoms with Crippen molar-refractivity contribution in [1.29, 1.82) is 0 Å². The topological polar surface area (TPSA) is 37.3 Å². The van der Waals surface area contributed by atoms with Crippen LogP contribution in [0.5, 0.6) is 0 Å². The second kappa shape index (κ2) is 3.50. The van der Waals surface area contributed by atoms with E-state index in [2.05, 4.69) is 0 Å². The number of aliphatic hydroxyl groups is 1. The Morgan fingerprint density at radius 1 is 1.33 bits per heavy atom. The largest absolute Gasteiger partial charge is 0.511 e. The minimum atomic E-state index is -0.350. The van der Waals surface area contributed by atoms with Crippen molar-refractivity contribution >= 4 is 11.4 Å². The van der Waals surface area contributed by atoms with Crippen molar-refractivity contribution in [2.24, 2.45) is 5.92 Å². The Balaban J connectivity index is 2.47. The standard InChI is InChI=1S/C12H11FO2/c1-7-6-10(14)11(12(7)15)8-2-4-9(13)5-3-8/h2-5,7,15H,6H2,1H3. The molecule has 0 fully saturated rings. The summed E-state index contributed by atoms with van der Waals surface area (Å²) in [7, 11) is 0. The number of Topliss-reactive ketones (excluding diaryl/α,β-unsaturated/α-hetero) is 1. The van der Waals surface area contributed by atoms with Gasteiger partial charge in [-0.1, -0.05) is 19.1 Å². The first kappa shape index (κ1) is 9.90. The van der Waals surface area contributed by atoms with E-state index in [1.165, 1.54) is 24.3 Å². The van der Waals surface area contributed by atoms with Gasteiger partial charge in [-0.05, 0) is 17.7 Å². The minimum Gasteiger partial charge on any atom is -0.511 e. The highest BCUT2D eigenvalue weighted by Crippen LogP contribution is 2.33. The zero-order valence-electron chi connectivity index (χ0n) is 8.33. The minimum absolute atomic E-state index is 0.0772. The van der Waals surface area contributed by atoms with E-state index >= 15 is 0 Å². The summed E-state index contributed by atoms with van der Waals surface area (Å²) in [5.41, 5.74) is 0.922. The molecule has 0 saturated carbocycles. The number of rotatable bonds is 1. The zero-order valence-corrected chi connectivity index (χ0v) is 8.33. The SMILES string of the molecule is CC1CC(=O)C(c2ccc(F)cc2)=C1O. The third-order valence-corrected chi connectivity index (χ3v) is 2.63. The predicted molar refractivity (Wildman–Crippen MR) is 54.7 cm³/mol. The molecule has 78 valence electrons. The highest BCUT2D eigenvalue weighted by atomic mass is 19.1. The van der Waals surface area contributed by atoms with Crippen LogP contribution in [0.1, 0.15) is 18.9 Å². The normalized spacial score (nSPS) is 21.2. The molecule has 1 atom stereocenters. The number of benzene rings is 1. The average molecular weight is 206 g/mol. The quantitative estimate of drug-likeness (QED) is 0.767. The molecule has 0 radical (unpaired) electrons. The first-order valence-corrected chi connectivity index (χ1v) is 4.82. The maximum atomic E-state index is 12.7. The second-order valence-electron chi connectivity index (χ2n) is 3.80. The number of halogens is 1. The van der Waals surface area contributed by atoms with Gasteiger partial charge in [-0.25, -0.2) is 4.39 Å². The number of hydrogen-bond donors (Lipinski definition) is 1. The van der Waals surface area contributed by atoms with E-state index in [9.17, 15) is 14.3 Å². The molecular formula is C12H11FO2. The molecule has 1 aromatic rings. The Morgan fingerprint density at radius 3 is 2.40 bits per heavy atom. The zero-order chi connectivity index (χ0) is 11.0. The van der Waals surface area contributed by atoms with Crippen molar-refractivity contribution < 1.29 is 14.3 Å². The van der Waals surface area contributed by atoms with Crippen LogP contribution < -0.4 is 0 Å². The van der Waals surface area contributed by atoms with Crippen molar-refractivity contribution in [3.63, 3.8) is 0 Å². The van der Waals surface area contributed by atoms with Gasteiger partial charge in [0.25, 0.3) is 0 Å². The Labute approximate surface area is 87.0 Å². The van der Waals surface area contributed by atoms with Crippen LogP contribution >= 0.6 is 0 Å². The average Bonchev–Trinajstić information content (AvgIpc) is 2.44. The van der Waals surface area contributed by atoms with E-state index in [1.807, 2.05) is 0 Å². The van der Waals surface area contributed by atoms with Crippen LogP contribution in [0, 0.1) is 11.7 Å². The van der Waals surface area contributed by atoms with Gasteiger partial charge in [0.05, 0.1) is 5.57 Å². The Morgan fingerprint density at radius 2 is 1.93 bits per heavy atom. The van der Waals surface area contributed by atoms with Crippen molar-refractivity contribution in [2.45, 2.75) is 13.3 Å². The van der Waals surface area contributed by atoms with Gasteiger partial charge >= 0.3 is 0 Å². The lowest BCUT2D eigenvalue weighted by atomic mass is 10.0. The molecule has 2 rings (SSSR count). The summed E-state index contributed by atoms with van der Waals surface area (Å²) in [6.45, 7) is 1.80. The Hall–Kier alpha value is -1.64. The maximum Gasteiger partial charge on any atom is 0.167 e. The number of hydrogen-bond acceptors (Lipinski definition) is 2. The lowest BCUT2D eigenvalue weighted by Gasteiger charge is -2.02. The van der Waals surface area contributed by atoms with Gasteiger partial charge in [0.15, 0.2) is 5.78 Å². The number of allylic oxidation sites excluding steroid dienone is 2. The summed E-state index contributed by atoms with van der Waals surface area (Å²) in [5.74, 6) is -0.437. The summed E-state index contributed by atoms with van der Waals surface area (Å²) >= 11 is 0. The van der Waals surface area contributed by atoms with Gasteiger partial charge in [-0.15, -0.1) is 0 Å². The third-order valence-electron chi connectivity index (χ3n) is 2.63. The van der Waals surface area contributed by atoms with Crippen LogP contribution in [0.2, 0.25) is 0 Å². The first-order chi connectivity index (χ1) is 7.09. The van der Waals surface area contributed by atoms with Crippen molar-refractivity contribution in [1.82, 2.24) is 0 Å². The number of carbonyl (C=O) groups excluding carboxylic acids is 1. The number of carbonyl (C=O) groups is 1. The molecule has 0 aromatic heterocycles. The summed E-state index contributed by atoms with van der Waals surface area (Å²) < 4.78 is 12.7. The number of ketones is 1.